The molecule has 0 N–H and O–H groups in total. The molecule has 0 saturated carbocycles. The summed E-state index contributed by atoms with van der Waals surface area (Å²) < 4.78 is 24.8. The number of alkyl halides is 2. The van der Waals surface area contributed by atoms with Crippen molar-refractivity contribution in [3.05, 3.63) is 34.9 Å². The van der Waals surface area contributed by atoms with Crippen LogP contribution in [0, 0.1) is 0 Å². The Bertz CT molecular complexity index is 375. The maximum Gasteiger partial charge on any atom is 0.264 e. The number of aldehydes is 2. The monoisotopic (exact) mass is 212 g/mol. The molecule has 0 amide bonds. The summed E-state index contributed by atoms with van der Waals surface area (Å²) in [5.41, 5.74) is 0.208. The molecule has 0 heterocycles. The zero-order valence-corrected chi connectivity index (χ0v) is 8.11. The van der Waals surface area contributed by atoms with Crippen LogP contribution in [0.25, 0.3) is 0 Å². The molecule has 1 aromatic carbocycles. The molecule has 0 bridgehead atoms. The molecule has 1 atom stereocenters. The molecule has 80 valence electrons. The van der Waals surface area contributed by atoms with Gasteiger partial charge in [0, 0.05) is 17.0 Å². The summed E-state index contributed by atoms with van der Waals surface area (Å²) in [6, 6.07) is 3.95. The van der Waals surface area contributed by atoms with E-state index >= 15 is 0 Å². The van der Waals surface area contributed by atoms with E-state index in [-0.39, 0.29) is 11.1 Å². The largest absolute Gasteiger partial charge is 0.303 e. The van der Waals surface area contributed by atoms with Gasteiger partial charge in [-0.05, 0) is 11.6 Å². The minimum atomic E-state index is -2.68. The molecule has 1 rings (SSSR count). The van der Waals surface area contributed by atoms with Crippen LogP contribution in [0.1, 0.15) is 40.8 Å². The summed E-state index contributed by atoms with van der Waals surface area (Å²) in [5.74, 6) is -0.393. The highest BCUT2D eigenvalue weighted by Crippen LogP contribution is 2.25. The Morgan fingerprint density at radius 3 is 2.40 bits per heavy atom. The van der Waals surface area contributed by atoms with Gasteiger partial charge in [0.1, 0.15) is 6.29 Å². The quantitative estimate of drug-likeness (QED) is 0.719. The van der Waals surface area contributed by atoms with Crippen molar-refractivity contribution in [2.45, 2.75) is 19.3 Å². The molecule has 0 aliphatic carbocycles. The number of carbonyl (C=O) groups is 2. The minimum absolute atomic E-state index is 0.0591. The van der Waals surface area contributed by atoms with Crippen LogP contribution < -0.4 is 0 Å². The summed E-state index contributed by atoms with van der Waals surface area (Å²) in [4.78, 5) is 21.1. The fourth-order valence-corrected chi connectivity index (χ4v) is 1.26. The van der Waals surface area contributed by atoms with Gasteiger partial charge in [0.2, 0.25) is 0 Å². The number of rotatable bonds is 4. The van der Waals surface area contributed by atoms with Crippen molar-refractivity contribution < 1.29 is 18.4 Å². The Kier molecular flexibility index (Phi) is 3.66. The standard InChI is InChI=1S/C11H10F2O2/c1-7(5-14)8-2-3-10(11(12)13)9(4-8)6-15/h2-7,11H,1H3. The highest BCUT2D eigenvalue weighted by Gasteiger charge is 2.14. The lowest BCUT2D eigenvalue weighted by atomic mass is 9.97. The van der Waals surface area contributed by atoms with Gasteiger partial charge in [-0.2, -0.15) is 0 Å². The predicted molar refractivity (Wildman–Crippen MR) is 51.3 cm³/mol. The number of hydrogen-bond donors (Lipinski definition) is 0. The molecule has 0 aliphatic heterocycles. The van der Waals surface area contributed by atoms with Crippen LogP contribution in [0.5, 0.6) is 0 Å². The highest BCUT2D eigenvalue weighted by atomic mass is 19.3. The molecular formula is C11H10F2O2. The molecule has 0 saturated heterocycles. The molecule has 0 radical (unpaired) electrons. The second-order valence-corrected chi connectivity index (χ2v) is 3.23. The van der Waals surface area contributed by atoms with Crippen molar-refractivity contribution in [1.82, 2.24) is 0 Å². The van der Waals surface area contributed by atoms with Crippen LogP contribution >= 0.6 is 0 Å². The number of hydrogen-bond acceptors (Lipinski definition) is 2. The molecular weight excluding hydrogens is 202 g/mol. The van der Waals surface area contributed by atoms with Crippen molar-refractivity contribution in [2.24, 2.45) is 0 Å². The van der Waals surface area contributed by atoms with Gasteiger partial charge < -0.3 is 4.79 Å². The Balaban J connectivity index is 3.18. The minimum Gasteiger partial charge on any atom is -0.303 e. The predicted octanol–water partition coefficient (Wildman–Crippen LogP) is 2.74. The van der Waals surface area contributed by atoms with Crippen molar-refractivity contribution in [3.8, 4) is 0 Å². The third kappa shape index (κ3) is 2.46. The number of carbonyl (C=O) groups excluding carboxylic acids is 2. The Hall–Kier alpha value is -1.58. The highest BCUT2D eigenvalue weighted by molar-refractivity contribution is 5.78. The molecule has 0 fully saturated rings. The summed E-state index contributed by atoms with van der Waals surface area (Å²) in [5, 5.41) is 0. The van der Waals surface area contributed by atoms with Crippen LogP contribution in [-0.2, 0) is 4.79 Å². The van der Waals surface area contributed by atoms with E-state index < -0.39 is 12.3 Å². The maximum absolute atomic E-state index is 12.4. The van der Waals surface area contributed by atoms with Gasteiger partial charge in [0.15, 0.2) is 6.29 Å². The van der Waals surface area contributed by atoms with E-state index in [9.17, 15) is 18.4 Å². The summed E-state index contributed by atoms with van der Waals surface area (Å²) in [7, 11) is 0. The summed E-state index contributed by atoms with van der Waals surface area (Å²) in [6.45, 7) is 1.64. The van der Waals surface area contributed by atoms with E-state index in [0.717, 1.165) is 0 Å². The summed E-state index contributed by atoms with van der Waals surface area (Å²) >= 11 is 0. The molecule has 1 unspecified atom stereocenters. The second kappa shape index (κ2) is 4.77. The topological polar surface area (TPSA) is 34.1 Å². The third-order valence-corrected chi connectivity index (χ3v) is 2.20. The lowest BCUT2D eigenvalue weighted by molar-refractivity contribution is -0.108. The van der Waals surface area contributed by atoms with Gasteiger partial charge in [0.25, 0.3) is 6.43 Å². The van der Waals surface area contributed by atoms with Crippen molar-refractivity contribution in [2.75, 3.05) is 0 Å². The molecule has 0 spiro atoms. The Labute approximate surface area is 85.9 Å². The van der Waals surface area contributed by atoms with Gasteiger partial charge in [-0.1, -0.05) is 19.1 Å². The van der Waals surface area contributed by atoms with E-state index in [0.29, 0.717) is 18.1 Å². The van der Waals surface area contributed by atoms with Crippen molar-refractivity contribution in [1.29, 1.82) is 0 Å². The van der Waals surface area contributed by atoms with Gasteiger partial charge >= 0.3 is 0 Å². The first-order valence-electron chi connectivity index (χ1n) is 4.42. The molecule has 4 heteroatoms. The van der Waals surface area contributed by atoms with E-state index in [2.05, 4.69) is 0 Å². The van der Waals surface area contributed by atoms with Gasteiger partial charge in [0.05, 0.1) is 0 Å². The molecule has 1 aromatic rings. The molecule has 0 aliphatic rings. The van der Waals surface area contributed by atoms with E-state index in [1.807, 2.05) is 0 Å². The first-order chi connectivity index (χ1) is 7.10. The maximum atomic E-state index is 12.4. The van der Waals surface area contributed by atoms with Gasteiger partial charge in [-0.3, -0.25) is 4.79 Å². The fraction of sp³-hybridized carbons (Fsp3) is 0.273. The number of halogens is 2. The normalized spacial score (nSPS) is 12.5. The fourth-order valence-electron chi connectivity index (χ4n) is 1.26. The van der Waals surface area contributed by atoms with Crippen LogP contribution in [0.3, 0.4) is 0 Å². The van der Waals surface area contributed by atoms with Crippen LogP contribution in [0.2, 0.25) is 0 Å². The van der Waals surface area contributed by atoms with Crippen molar-refractivity contribution in [3.63, 3.8) is 0 Å². The smallest absolute Gasteiger partial charge is 0.264 e. The van der Waals surface area contributed by atoms with Gasteiger partial charge in [-0.25, -0.2) is 8.78 Å². The lowest BCUT2D eigenvalue weighted by Crippen LogP contribution is -1.99. The molecule has 0 aromatic heterocycles. The first kappa shape index (κ1) is 11.5. The van der Waals surface area contributed by atoms with Gasteiger partial charge in [-0.15, -0.1) is 0 Å². The molecule has 2 nitrogen and oxygen atoms in total. The summed E-state index contributed by atoms with van der Waals surface area (Å²) in [6.07, 6.45) is -1.60. The van der Waals surface area contributed by atoms with Crippen LogP contribution in [0.4, 0.5) is 8.78 Å². The first-order valence-corrected chi connectivity index (χ1v) is 4.42. The zero-order chi connectivity index (χ0) is 11.4. The lowest BCUT2D eigenvalue weighted by Gasteiger charge is -2.08. The third-order valence-electron chi connectivity index (χ3n) is 2.20. The average molecular weight is 212 g/mol. The average Bonchev–Trinajstić information content (AvgIpc) is 2.26. The van der Waals surface area contributed by atoms with Crippen LogP contribution in [-0.4, -0.2) is 12.6 Å². The molecule has 15 heavy (non-hydrogen) atoms. The van der Waals surface area contributed by atoms with Crippen LogP contribution in [0.15, 0.2) is 18.2 Å². The Morgan fingerprint density at radius 1 is 1.27 bits per heavy atom. The van der Waals surface area contributed by atoms with E-state index in [1.54, 1.807) is 6.92 Å². The second-order valence-electron chi connectivity index (χ2n) is 3.23. The Morgan fingerprint density at radius 2 is 1.93 bits per heavy atom. The van der Waals surface area contributed by atoms with Crippen molar-refractivity contribution >= 4 is 12.6 Å². The van der Waals surface area contributed by atoms with E-state index in [1.165, 1.54) is 18.2 Å². The number of benzene rings is 1. The zero-order valence-electron chi connectivity index (χ0n) is 8.11. The SMILES string of the molecule is CC(C=O)c1ccc(C(F)F)c(C=O)c1. The van der Waals surface area contributed by atoms with E-state index in [4.69, 9.17) is 0 Å².